The van der Waals surface area contributed by atoms with Gasteiger partial charge in [0.1, 0.15) is 17.2 Å². The Morgan fingerprint density at radius 2 is 2.21 bits per heavy atom. The van der Waals surface area contributed by atoms with Gasteiger partial charge in [-0.15, -0.1) is 11.3 Å². The van der Waals surface area contributed by atoms with Crippen LogP contribution in [-0.4, -0.2) is 29.4 Å². The van der Waals surface area contributed by atoms with Gasteiger partial charge in [0.2, 0.25) is 4.80 Å². The van der Waals surface area contributed by atoms with E-state index in [0.29, 0.717) is 23.7 Å². The summed E-state index contributed by atoms with van der Waals surface area (Å²) in [6, 6.07) is 9.36. The first-order valence-corrected chi connectivity index (χ1v) is 9.91. The quantitative estimate of drug-likeness (QED) is 0.514. The van der Waals surface area contributed by atoms with E-state index in [9.17, 15) is 4.79 Å². The highest BCUT2D eigenvalue weighted by molar-refractivity contribution is 7.07. The first-order valence-electron chi connectivity index (χ1n) is 9.03. The Morgan fingerprint density at radius 3 is 2.97 bits per heavy atom. The maximum atomic E-state index is 11.7. The van der Waals surface area contributed by atoms with Crippen LogP contribution in [0.5, 0.6) is 5.75 Å². The molecule has 0 unspecified atom stereocenters. The summed E-state index contributed by atoms with van der Waals surface area (Å²) in [5.74, 6) is 1.17. The van der Waals surface area contributed by atoms with Crippen molar-refractivity contribution in [1.82, 2.24) is 4.68 Å². The zero-order valence-corrected chi connectivity index (χ0v) is 17.0. The number of carbonyl (C=O) groups is 1. The summed E-state index contributed by atoms with van der Waals surface area (Å²) < 4.78 is 12.7. The van der Waals surface area contributed by atoms with E-state index < -0.39 is 0 Å². The van der Waals surface area contributed by atoms with Gasteiger partial charge in [-0.1, -0.05) is 12.2 Å². The van der Waals surface area contributed by atoms with Crippen molar-refractivity contribution in [3.05, 3.63) is 64.7 Å². The van der Waals surface area contributed by atoms with E-state index in [1.807, 2.05) is 49.6 Å². The lowest BCUT2D eigenvalue weighted by molar-refractivity contribution is -0.118. The van der Waals surface area contributed by atoms with Gasteiger partial charge in [0, 0.05) is 10.9 Å². The standard InChI is InChI=1S/C21H20N4O3S/c1-13(2)10-22-21-25(24-14(3)18-5-4-8-27-18)17(12-29-21)15-6-7-19-16(9-15)23-20(26)11-28-19/h4-9,12H,1,10-11H2,2-3H3,(H,23,26). The first kappa shape index (κ1) is 18.9. The summed E-state index contributed by atoms with van der Waals surface area (Å²) in [5, 5.41) is 9.58. The Kier molecular flexibility index (Phi) is 5.18. The molecule has 0 saturated carbocycles. The van der Waals surface area contributed by atoms with E-state index in [0.717, 1.165) is 27.3 Å². The fourth-order valence-corrected chi connectivity index (χ4v) is 3.66. The Hall–Kier alpha value is -3.39. The molecule has 1 amide bonds. The summed E-state index contributed by atoms with van der Waals surface area (Å²) in [4.78, 5) is 17.1. The molecule has 0 spiro atoms. The molecule has 0 saturated heterocycles. The lowest BCUT2D eigenvalue weighted by Crippen LogP contribution is -2.25. The van der Waals surface area contributed by atoms with Gasteiger partial charge >= 0.3 is 0 Å². The maximum absolute atomic E-state index is 11.7. The van der Waals surface area contributed by atoms with Crippen LogP contribution in [0.1, 0.15) is 19.6 Å². The zero-order chi connectivity index (χ0) is 20.4. The highest BCUT2D eigenvalue weighted by Crippen LogP contribution is 2.33. The van der Waals surface area contributed by atoms with Crippen LogP contribution >= 0.6 is 11.3 Å². The number of carbonyl (C=O) groups excluding carboxylic acids is 1. The number of furan rings is 1. The van der Waals surface area contributed by atoms with Crippen LogP contribution in [0.3, 0.4) is 0 Å². The monoisotopic (exact) mass is 408 g/mol. The number of hydrogen-bond acceptors (Lipinski definition) is 6. The first-order chi connectivity index (χ1) is 14.0. The van der Waals surface area contributed by atoms with E-state index >= 15 is 0 Å². The third-order valence-electron chi connectivity index (χ3n) is 4.21. The number of benzene rings is 1. The van der Waals surface area contributed by atoms with Crippen LogP contribution in [0.25, 0.3) is 11.3 Å². The Labute approximate surface area is 171 Å². The van der Waals surface area contributed by atoms with Crippen LogP contribution in [0.15, 0.2) is 68.6 Å². The second kappa shape index (κ2) is 7.92. The van der Waals surface area contributed by atoms with Gasteiger partial charge in [-0.25, -0.2) is 4.68 Å². The number of aromatic nitrogens is 1. The van der Waals surface area contributed by atoms with Crippen molar-refractivity contribution in [3.63, 3.8) is 0 Å². The van der Waals surface area contributed by atoms with Crippen LogP contribution in [0.4, 0.5) is 5.69 Å². The van der Waals surface area contributed by atoms with E-state index in [1.54, 1.807) is 10.9 Å². The molecule has 3 heterocycles. The van der Waals surface area contributed by atoms with Crippen LogP contribution in [0.2, 0.25) is 0 Å². The minimum Gasteiger partial charge on any atom is -0.482 e. The molecule has 1 aliphatic rings. The van der Waals surface area contributed by atoms with Crippen LogP contribution in [-0.2, 0) is 4.79 Å². The third-order valence-corrected chi connectivity index (χ3v) is 5.06. The summed E-state index contributed by atoms with van der Waals surface area (Å²) in [7, 11) is 0. The van der Waals surface area contributed by atoms with Crippen molar-refractivity contribution in [1.29, 1.82) is 0 Å². The van der Waals surface area contributed by atoms with Gasteiger partial charge in [0.25, 0.3) is 5.91 Å². The maximum Gasteiger partial charge on any atom is 0.262 e. The molecule has 2 aromatic heterocycles. The highest BCUT2D eigenvalue weighted by Gasteiger charge is 2.18. The van der Waals surface area contributed by atoms with Crippen molar-refractivity contribution in [3.8, 4) is 17.0 Å². The Bertz CT molecular complexity index is 1170. The van der Waals surface area contributed by atoms with Gasteiger partial charge < -0.3 is 14.5 Å². The fourth-order valence-electron chi connectivity index (χ4n) is 2.83. The smallest absolute Gasteiger partial charge is 0.262 e. The molecule has 3 aromatic rings. The molecule has 7 nitrogen and oxygen atoms in total. The molecule has 1 aliphatic heterocycles. The summed E-state index contributed by atoms with van der Waals surface area (Å²) in [5.41, 5.74) is 4.07. The van der Waals surface area contributed by atoms with E-state index in [1.165, 1.54) is 11.3 Å². The molecule has 1 aromatic carbocycles. The minimum absolute atomic E-state index is 0.0291. The fraction of sp³-hybridized carbons (Fsp3) is 0.190. The number of rotatable bonds is 5. The molecule has 8 heteroatoms. The normalized spacial score (nSPS) is 14.3. The van der Waals surface area contributed by atoms with E-state index in [-0.39, 0.29) is 12.5 Å². The highest BCUT2D eigenvalue weighted by atomic mass is 32.1. The molecular formula is C21H20N4O3S. The molecule has 1 N–H and O–H groups in total. The number of nitrogens with zero attached hydrogens (tertiary/aromatic N) is 3. The Morgan fingerprint density at radius 1 is 1.34 bits per heavy atom. The SMILES string of the molecule is C=C(C)CN=c1scc(-c2ccc3c(c2)NC(=O)CO3)n1N=C(C)c1ccco1. The average molecular weight is 408 g/mol. The number of hydrogen-bond donors (Lipinski definition) is 1. The predicted molar refractivity (Wildman–Crippen MR) is 113 cm³/mol. The predicted octanol–water partition coefficient (Wildman–Crippen LogP) is 3.89. The van der Waals surface area contributed by atoms with Gasteiger partial charge in [0.05, 0.1) is 24.2 Å². The van der Waals surface area contributed by atoms with Crippen molar-refractivity contribution >= 4 is 28.6 Å². The topological polar surface area (TPSA) is 81.1 Å². The lowest BCUT2D eigenvalue weighted by atomic mass is 10.1. The molecule has 0 atom stereocenters. The van der Waals surface area contributed by atoms with E-state index in [2.05, 4.69) is 16.9 Å². The molecule has 4 rings (SSSR count). The summed E-state index contributed by atoms with van der Waals surface area (Å²) >= 11 is 1.49. The van der Waals surface area contributed by atoms with Gasteiger partial charge in [0.15, 0.2) is 6.61 Å². The lowest BCUT2D eigenvalue weighted by Gasteiger charge is -2.18. The number of nitrogens with one attached hydrogen (secondary N) is 1. The van der Waals surface area contributed by atoms with Crippen molar-refractivity contribution in [2.45, 2.75) is 13.8 Å². The second-order valence-electron chi connectivity index (χ2n) is 6.70. The molecule has 148 valence electrons. The number of amides is 1. The van der Waals surface area contributed by atoms with Crippen molar-refractivity contribution in [2.24, 2.45) is 10.1 Å². The number of ether oxygens (including phenoxy) is 1. The van der Waals surface area contributed by atoms with Gasteiger partial charge in [-0.05, 0) is 44.2 Å². The molecule has 0 radical (unpaired) electrons. The molecular weight excluding hydrogens is 388 g/mol. The van der Waals surface area contributed by atoms with Crippen LogP contribution in [0, 0.1) is 0 Å². The number of fused-ring (bicyclic) bond motifs is 1. The van der Waals surface area contributed by atoms with Crippen molar-refractivity contribution < 1.29 is 13.9 Å². The molecule has 0 bridgehead atoms. The van der Waals surface area contributed by atoms with Gasteiger partial charge in [-0.3, -0.25) is 9.79 Å². The zero-order valence-electron chi connectivity index (χ0n) is 16.1. The van der Waals surface area contributed by atoms with Crippen molar-refractivity contribution in [2.75, 3.05) is 18.5 Å². The van der Waals surface area contributed by atoms with E-state index in [4.69, 9.17) is 14.3 Å². The molecule has 29 heavy (non-hydrogen) atoms. The number of anilines is 1. The molecule has 0 fully saturated rings. The average Bonchev–Trinajstić information content (AvgIpc) is 3.36. The second-order valence-corrected chi connectivity index (χ2v) is 7.54. The summed E-state index contributed by atoms with van der Waals surface area (Å²) in [6.07, 6.45) is 1.62. The number of thiazole rings is 1. The third kappa shape index (κ3) is 4.07. The van der Waals surface area contributed by atoms with Crippen LogP contribution < -0.4 is 14.9 Å². The summed E-state index contributed by atoms with van der Waals surface area (Å²) in [6.45, 7) is 8.29. The minimum atomic E-state index is -0.170. The largest absolute Gasteiger partial charge is 0.482 e. The Balaban J connectivity index is 1.83. The van der Waals surface area contributed by atoms with Gasteiger partial charge in [-0.2, -0.15) is 5.10 Å². The molecule has 0 aliphatic carbocycles.